The first kappa shape index (κ1) is 18.3. The van der Waals surface area contributed by atoms with Gasteiger partial charge >= 0.3 is 12.1 Å². The van der Waals surface area contributed by atoms with Crippen LogP contribution in [-0.4, -0.2) is 27.2 Å². The van der Waals surface area contributed by atoms with Gasteiger partial charge in [-0.2, -0.15) is 18.3 Å². The number of halogens is 4. The summed E-state index contributed by atoms with van der Waals surface area (Å²) in [5, 5.41) is 13.2. The van der Waals surface area contributed by atoms with E-state index in [1.165, 1.54) is 10.7 Å². The highest BCUT2D eigenvalue weighted by Crippen LogP contribution is 2.42. The first-order valence-electron chi connectivity index (χ1n) is 8.59. The summed E-state index contributed by atoms with van der Waals surface area (Å²) in [6.45, 7) is 0.477. The number of hydrogen-bond donors (Lipinski definition) is 1. The highest BCUT2D eigenvalue weighted by Gasteiger charge is 2.38. The molecule has 2 aromatic heterocycles. The third-order valence-electron chi connectivity index (χ3n) is 5.00. The van der Waals surface area contributed by atoms with Gasteiger partial charge in [0.2, 0.25) is 0 Å². The fourth-order valence-corrected chi connectivity index (χ4v) is 3.78. The maximum atomic E-state index is 13.8. The van der Waals surface area contributed by atoms with Gasteiger partial charge in [-0.1, -0.05) is 0 Å². The summed E-state index contributed by atoms with van der Waals surface area (Å²) in [6, 6.07) is 5.10. The fourth-order valence-electron chi connectivity index (χ4n) is 3.78. The minimum Gasteiger partial charge on any atom is -0.478 e. The second kappa shape index (κ2) is 6.50. The van der Waals surface area contributed by atoms with Crippen LogP contribution in [0, 0.1) is 5.82 Å². The van der Waals surface area contributed by atoms with Crippen molar-refractivity contribution in [3.8, 4) is 0 Å². The van der Waals surface area contributed by atoms with E-state index in [0.717, 1.165) is 18.2 Å². The zero-order valence-electron chi connectivity index (χ0n) is 14.4. The maximum Gasteiger partial charge on any atom is 0.416 e. The molecule has 0 aliphatic carbocycles. The highest BCUT2D eigenvalue weighted by molar-refractivity contribution is 5.95. The van der Waals surface area contributed by atoms with E-state index in [-0.39, 0.29) is 11.1 Å². The molecule has 3 aromatic rings. The Bertz CT molecular complexity index is 1060. The van der Waals surface area contributed by atoms with Crippen LogP contribution in [-0.2, 0) is 6.18 Å². The Morgan fingerprint density at radius 3 is 2.71 bits per heavy atom. The molecule has 5 nitrogen and oxygen atoms in total. The smallest absolute Gasteiger partial charge is 0.416 e. The number of anilines is 1. The topological polar surface area (TPSA) is 57.8 Å². The van der Waals surface area contributed by atoms with E-state index in [1.807, 2.05) is 0 Å². The summed E-state index contributed by atoms with van der Waals surface area (Å²) in [6.07, 6.45) is -0.749. The van der Waals surface area contributed by atoms with Gasteiger partial charge in [0.1, 0.15) is 11.4 Å². The average molecular weight is 393 g/mol. The lowest BCUT2D eigenvalue weighted by molar-refractivity contribution is -0.138. The summed E-state index contributed by atoms with van der Waals surface area (Å²) < 4.78 is 55.5. The van der Waals surface area contributed by atoms with Gasteiger partial charge in [-0.3, -0.25) is 0 Å². The van der Waals surface area contributed by atoms with E-state index >= 15 is 0 Å². The zero-order valence-corrected chi connectivity index (χ0v) is 14.4. The highest BCUT2D eigenvalue weighted by atomic mass is 19.4. The second-order valence-corrected chi connectivity index (χ2v) is 6.66. The van der Waals surface area contributed by atoms with Gasteiger partial charge < -0.3 is 10.0 Å². The first-order chi connectivity index (χ1) is 13.3. The molecule has 28 heavy (non-hydrogen) atoms. The molecule has 3 heterocycles. The number of aromatic nitrogens is 2. The van der Waals surface area contributed by atoms with Crippen molar-refractivity contribution in [1.82, 2.24) is 9.61 Å². The molecule has 1 aromatic carbocycles. The number of alkyl halides is 3. The number of carbonyl (C=O) groups is 1. The molecule has 1 saturated heterocycles. The molecule has 0 amide bonds. The number of carboxylic acids is 1. The summed E-state index contributed by atoms with van der Waals surface area (Å²) >= 11 is 0. The van der Waals surface area contributed by atoms with Crippen molar-refractivity contribution < 1.29 is 27.5 Å². The standard InChI is InChI=1S/C19H15F4N3O2/c20-11-3-4-15(19(21,22)23)13(8-11)16-2-1-6-25(16)12-5-7-26-17(9-12)14(10-24-26)18(27)28/h3-5,7-10,16H,1-2,6H2,(H,27,28). The largest absolute Gasteiger partial charge is 0.478 e. The van der Waals surface area contributed by atoms with Crippen molar-refractivity contribution in [2.75, 3.05) is 11.4 Å². The Balaban J connectivity index is 1.80. The van der Waals surface area contributed by atoms with Crippen molar-refractivity contribution >= 4 is 17.2 Å². The Kier molecular flexibility index (Phi) is 4.24. The summed E-state index contributed by atoms with van der Waals surface area (Å²) in [4.78, 5) is 13.1. The summed E-state index contributed by atoms with van der Waals surface area (Å²) in [5.41, 5.74) is -0.0695. The molecule has 1 aliphatic heterocycles. The molecule has 1 atom stereocenters. The van der Waals surface area contributed by atoms with Gasteiger partial charge in [0, 0.05) is 18.4 Å². The van der Waals surface area contributed by atoms with Gasteiger partial charge in [-0.05, 0) is 48.7 Å². The number of pyridine rings is 1. The van der Waals surface area contributed by atoms with Gasteiger partial charge in [0.25, 0.3) is 0 Å². The third-order valence-corrected chi connectivity index (χ3v) is 5.00. The molecule has 1 N–H and O–H groups in total. The molecule has 1 fully saturated rings. The number of aromatic carboxylic acids is 1. The molecular formula is C19H15F4N3O2. The van der Waals surface area contributed by atoms with Crippen LogP contribution in [0.25, 0.3) is 5.52 Å². The first-order valence-corrected chi connectivity index (χ1v) is 8.59. The molecule has 0 radical (unpaired) electrons. The van der Waals surface area contributed by atoms with Crippen LogP contribution in [0.15, 0.2) is 42.7 Å². The van der Waals surface area contributed by atoms with Crippen molar-refractivity contribution in [3.05, 3.63) is 65.2 Å². The zero-order chi connectivity index (χ0) is 20.1. The Labute approximate surface area is 156 Å². The molecule has 4 rings (SSSR count). The number of hydrogen-bond acceptors (Lipinski definition) is 3. The van der Waals surface area contributed by atoms with Gasteiger partial charge in [0.15, 0.2) is 0 Å². The Morgan fingerprint density at radius 1 is 1.21 bits per heavy atom. The fraction of sp³-hybridized carbons (Fsp3) is 0.263. The van der Waals surface area contributed by atoms with E-state index in [1.54, 1.807) is 23.2 Å². The maximum absolute atomic E-state index is 13.8. The predicted octanol–water partition coefficient (Wildman–Crippen LogP) is 4.53. The monoisotopic (exact) mass is 393 g/mol. The number of nitrogens with zero attached hydrogens (tertiary/aromatic N) is 3. The van der Waals surface area contributed by atoms with Crippen LogP contribution < -0.4 is 4.90 Å². The Hall–Kier alpha value is -3.10. The van der Waals surface area contributed by atoms with Crippen LogP contribution in [0.4, 0.5) is 23.2 Å². The van der Waals surface area contributed by atoms with Crippen LogP contribution in [0.1, 0.15) is 40.4 Å². The number of rotatable bonds is 3. The SMILES string of the molecule is O=C(O)c1cnn2ccc(N3CCCC3c3cc(F)ccc3C(F)(F)F)cc12. The van der Waals surface area contributed by atoms with Crippen molar-refractivity contribution in [3.63, 3.8) is 0 Å². The van der Waals surface area contributed by atoms with E-state index in [0.29, 0.717) is 30.6 Å². The van der Waals surface area contributed by atoms with Crippen LogP contribution in [0.3, 0.4) is 0 Å². The van der Waals surface area contributed by atoms with Crippen LogP contribution in [0.5, 0.6) is 0 Å². The molecule has 1 unspecified atom stereocenters. The Morgan fingerprint density at radius 2 is 2.00 bits per heavy atom. The van der Waals surface area contributed by atoms with Crippen LogP contribution in [0.2, 0.25) is 0 Å². The van der Waals surface area contributed by atoms with E-state index < -0.39 is 29.6 Å². The predicted molar refractivity (Wildman–Crippen MR) is 92.9 cm³/mol. The number of carboxylic acid groups (broad SMARTS) is 1. The molecule has 0 spiro atoms. The van der Waals surface area contributed by atoms with E-state index in [4.69, 9.17) is 0 Å². The molecule has 0 saturated carbocycles. The van der Waals surface area contributed by atoms with E-state index in [9.17, 15) is 27.5 Å². The van der Waals surface area contributed by atoms with Crippen LogP contribution >= 0.6 is 0 Å². The lowest BCUT2D eigenvalue weighted by Crippen LogP contribution is -2.25. The second-order valence-electron chi connectivity index (χ2n) is 6.66. The quantitative estimate of drug-likeness (QED) is 0.665. The lowest BCUT2D eigenvalue weighted by atomic mass is 9.97. The number of benzene rings is 1. The van der Waals surface area contributed by atoms with E-state index in [2.05, 4.69) is 5.10 Å². The van der Waals surface area contributed by atoms with Crippen molar-refractivity contribution in [1.29, 1.82) is 0 Å². The minimum absolute atomic E-state index is 0.000618. The van der Waals surface area contributed by atoms with Gasteiger partial charge in [-0.25, -0.2) is 13.7 Å². The summed E-state index contributed by atoms with van der Waals surface area (Å²) in [7, 11) is 0. The molecule has 146 valence electrons. The normalized spacial score (nSPS) is 17.4. The molecular weight excluding hydrogens is 378 g/mol. The minimum atomic E-state index is -4.59. The average Bonchev–Trinajstić information content (AvgIpc) is 3.27. The summed E-state index contributed by atoms with van der Waals surface area (Å²) in [5.74, 6) is -1.87. The third kappa shape index (κ3) is 3.06. The van der Waals surface area contributed by atoms with Gasteiger partial charge in [0.05, 0.1) is 23.3 Å². The number of fused-ring (bicyclic) bond motifs is 1. The van der Waals surface area contributed by atoms with Gasteiger partial charge in [-0.15, -0.1) is 0 Å². The lowest BCUT2D eigenvalue weighted by Gasteiger charge is -2.29. The molecule has 0 bridgehead atoms. The van der Waals surface area contributed by atoms with Crippen molar-refractivity contribution in [2.24, 2.45) is 0 Å². The molecule has 9 heteroatoms. The van der Waals surface area contributed by atoms with Crippen molar-refractivity contribution in [2.45, 2.75) is 25.1 Å². The molecule has 1 aliphatic rings.